The maximum atomic E-state index is 13.8. The molecule has 1 heterocycles. The average Bonchev–Trinajstić information content (AvgIpc) is 2.48. The highest BCUT2D eigenvalue weighted by Crippen LogP contribution is 2.23. The normalized spacial score (nSPS) is 10.7. The molecule has 0 atom stereocenters. The van der Waals surface area contributed by atoms with Crippen LogP contribution in [0.5, 0.6) is 0 Å². The topological polar surface area (TPSA) is 30.0 Å². The molecule has 0 saturated carbocycles. The summed E-state index contributed by atoms with van der Waals surface area (Å²) in [4.78, 5) is 16.7. The van der Waals surface area contributed by atoms with Gasteiger partial charge in [0.15, 0.2) is 5.78 Å². The number of fused-ring (bicyclic) bond motifs is 1. The van der Waals surface area contributed by atoms with Crippen LogP contribution in [0.15, 0.2) is 59.2 Å². The minimum atomic E-state index is -0.529. The number of nitrogens with zero attached hydrogens (tertiary/aromatic N) is 1. The van der Waals surface area contributed by atoms with E-state index in [1.165, 1.54) is 12.1 Å². The Bertz CT molecular complexity index is 811. The minimum Gasteiger partial charge on any atom is -0.288 e. The quantitative estimate of drug-likeness (QED) is 0.653. The summed E-state index contributed by atoms with van der Waals surface area (Å²) in [7, 11) is 0. The van der Waals surface area contributed by atoms with Gasteiger partial charge in [0.2, 0.25) is 0 Å². The highest BCUT2D eigenvalue weighted by atomic mass is 79.9. The van der Waals surface area contributed by atoms with Gasteiger partial charge in [-0.15, -0.1) is 0 Å². The van der Waals surface area contributed by atoms with Gasteiger partial charge in [0.05, 0.1) is 11.1 Å². The summed E-state index contributed by atoms with van der Waals surface area (Å²) in [6.45, 7) is 0. The first-order chi connectivity index (χ1) is 9.66. The third-order valence-electron chi connectivity index (χ3n) is 3.06. The number of carbonyl (C=O) groups is 1. The van der Waals surface area contributed by atoms with Gasteiger partial charge in [0, 0.05) is 21.6 Å². The number of hydrogen-bond acceptors (Lipinski definition) is 2. The van der Waals surface area contributed by atoms with Crippen molar-refractivity contribution in [3.05, 3.63) is 76.1 Å². The molecule has 0 radical (unpaired) electrons. The number of hydrogen-bond donors (Lipinski definition) is 0. The molecule has 0 fully saturated rings. The van der Waals surface area contributed by atoms with E-state index in [-0.39, 0.29) is 11.3 Å². The predicted octanol–water partition coefficient (Wildman–Crippen LogP) is 4.37. The molecule has 3 rings (SSSR count). The Morgan fingerprint density at radius 1 is 1.05 bits per heavy atom. The van der Waals surface area contributed by atoms with Crippen LogP contribution in [0, 0.1) is 5.82 Å². The second-order valence-corrected chi connectivity index (χ2v) is 5.24. The molecule has 0 amide bonds. The number of benzene rings is 2. The molecular weight excluding hydrogens is 321 g/mol. The van der Waals surface area contributed by atoms with E-state index in [1.807, 2.05) is 12.1 Å². The van der Waals surface area contributed by atoms with Crippen LogP contribution in [0.3, 0.4) is 0 Å². The van der Waals surface area contributed by atoms with Gasteiger partial charge in [0.25, 0.3) is 0 Å². The van der Waals surface area contributed by atoms with Crippen LogP contribution in [0.2, 0.25) is 0 Å². The van der Waals surface area contributed by atoms with Crippen LogP contribution in [0.1, 0.15) is 15.9 Å². The first kappa shape index (κ1) is 12.9. The Hall–Kier alpha value is -2.07. The molecule has 4 heteroatoms. The first-order valence-corrected chi connectivity index (χ1v) is 6.79. The van der Waals surface area contributed by atoms with Crippen LogP contribution in [0.25, 0.3) is 10.9 Å². The second-order valence-electron chi connectivity index (χ2n) is 4.33. The maximum Gasteiger partial charge on any atom is 0.196 e. The lowest BCUT2D eigenvalue weighted by atomic mass is 9.99. The summed E-state index contributed by atoms with van der Waals surface area (Å²) >= 11 is 3.26. The van der Waals surface area contributed by atoms with Crippen LogP contribution < -0.4 is 0 Å². The lowest BCUT2D eigenvalue weighted by Gasteiger charge is -2.06. The summed E-state index contributed by atoms with van der Waals surface area (Å²) in [6, 6.07) is 13.2. The monoisotopic (exact) mass is 329 g/mol. The fourth-order valence-corrected chi connectivity index (χ4v) is 2.48. The fraction of sp³-hybridized carbons (Fsp3) is 0. The molecule has 0 spiro atoms. The Morgan fingerprint density at radius 3 is 2.75 bits per heavy atom. The molecule has 0 saturated heterocycles. The van der Waals surface area contributed by atoms with Crippen molar-refractivity contribution in [2.45, 2.75) is 0 Å². The van der Waals surface area contributed by atoms with Crippen molar-refractivity contribution in [3.8, 4) is 0 Å². The fourth-order valence-electron chi connectivity index (χ4n) is 2.12. The molecule has 0 bridgehead atoms. The smallest absolute Gasteiger partial charge is 0.196 e. The molecule has 3 aromatic rings. The van der Waals surface area contributed by atoms with E-state index in [0.717, 1.165) is 5.39 Å². The SMILES string of the molecule is O=C(c1cc(Br)ccc1F)c1cccc2ncccc12. The predicted molar refractivity (Wildman–Crippen MR) is 79.3 cm³/mol. The summed E-state index contributed by atoms with van der Waals surface area (Å²) in [6.07, 6.45) is 1.66. The molecule has 0 aliphatic rings. The van der Waals surface area contributed by atoms with Crippen molar-refractivity contribution in [3.63, 3.8) is 0 Å². The lowest BCUT2D eigenvalue weighted by molar-refractivity contribution is 0.103. The standard InChI is InChI=1S/C16H9BrFNO/c17-10-6-7-14(18)13(9-10)16(20)12-3-1-5-15-11(12)4-2-8-19-15/h1-9H. The zero-order valence-corrected chi connectivity index (χ0v) is 11.9. The largest absolute Gasteiger partial charge is 0.288 e. The number of carbonyl (C=O) groups excluding carboxylic acids is 1. The van der Waals surface area contributed by atoms with Crippen molar-refractivity contribution in [2.75, 3.05) is 0 Å². The minimum absolute atomic E-state index is 0.0516. The molecular formula is C16H9BrFNO. The Balaban J connectivity index is 2.20. The van der Waals surface area contributed by atoms with Crippen LogP contribution >= 0.6 is 15.9 Å². The van der Waals surface area contributed by atoms with E-state index in [2.05, 4.69) is 20.9 Å². The van der Waals surface area contributed by atoms with Gasteiger partial charge in [-0.3, -0.25) is 9.78 Å². The Kier molecular flexibility index (Phi) is 3.32. The summed E-state index contributed by atoms with van der Waals surface area (Å²) < 4.78 is 14.5. The molecule has 0 aliphatic heterocycles. The van der Waals surface area contributed by atoms with Crippen molar-refractivity contribution in [1.29, 1.82) is 0 Å². The number of aromatic nitrogens is 1. The van der Waals surface area contributed by atoms with Crippen LogP contribution in [-0.2, 0) is 0 Å². The number of halogens is 2. The number of rotatable bonds is 2. The van der Waals surface area contributed by atoms with Gasteiger partial charge in [-0.2, -0.15) is 0 Å². The van der Waals surface area contributed by atoms with Gasteiger partial charge in [-0.1, -0.05) is 34.1 Å². The summed E-state index contributed by atoms with van der Waals surface area (Å²) in [5.74, 6) is -0.874. The molecule has 0 N–H and O–H groups in total. The Labute approximate surface area is 123 Å². The molecule has 0 unspecified atom stereocenters. The van der Waals surface area contributed by atoms with Crippen LogP contribution in [-0.4, -0.2) is 10.8 Å². The van der Waals surface area contributed by atoms with Gasteiger partial charge in [-0.25, -0.2) is 4.39 Å². The third-order valence-corrected chi connectivity index (χ3v) is 3.56. The molecule has 1 aromatic heterocycles. The van der Waals surface area contributed by atoms with E-state index >= 15 is 0 Å². The third kappa shape index (κ3) is 2.23. The van der Waals surface area contributed by atoms with E-state index in [0.29, 0.717) is 15.6 Å². The van der Waals surface area contributed by atoms with Crippen molar-refractivity contribution >= 4 is 32.6 Å². The van der Waals surface area contributed by atoms with E-state index in [9.17, 15) is 9.18 Å². The van der Waals surface area contributed by atoms with Crippen molar-refractivity contribution in [1.82, 2.24) is 4.98 Å². The molecule has 2 nitrogen and oxygen atoms in total. The molecule has 2 aromatic carbocycles. The maximum absolute atomic E-state index is 13.8. The average molecular weight is 330 g/mol. The highest BCUT2D eigenvalue weighted by Gasteiger charge is 2.16. The molecule has 0 aliphatic carbocycles. The highest BCUT2D eigenvalue weighted by molar-refractivity contribution is 9.10. The second kappa shape index (κ2) is 5.13. The van der Waals surface area contributed by atoms with Crippen molar-refractivity contribution in [2.24, 2.45) is 0 Å². The summed E-state index contributed by atoms with van der Waals surface area (Å²) in [5.41, 5.74) is 1.22. The summed E-state index contributed by atoms with van der Waals surface area (Å²) in [5, 5.41) is 0.722. The van der Waals surface area contributed by atoms with Gasteiger partial charge < -0.3 is 0 Å². The zero-order valence-electron chi connectivity index (χ0n) is 10.3. The molecule has 98 valence electrons. The van der Waals surface area contributed by atoms with E-state index in [4.69, 9.17) is 0 Å². The number of ketones is 1. The molecule has 20 heavy (non-hydrogen) atoms. The zero-order chi connectivity index (χ0) is 14.1. The van der Waals surface area contributed by atoms with Gasteiger partial charge in [0.1, 0.15) is 5.82 Å². The van der Waals surface area contributed by atoms with E-state index < -0.39 is 5.82 Å². The van der Waals surface area contributed by atoms with Gasteiger partial charge >= 0.3 is 0 Å². The number of pyridine rings is 1. The first-order valence-electron chi connectivity index (χ1n) is 6.00. The van der Waals surface area contributed by atoms with E-state index in [1.54, 1.807) is 30.5 Å². The Morgan fingerprint density at radius 2 is 1.90 bits per heavy atom. The van der Waals surface area contributed by atoms with Crippen molar-refractivity contribution < 1.29 is 9.18 Å². The van der Waals surface area contributed by atoms with Crippen LogP contribution in [0.4, 0.5) is 4.39 Å². The lowest BCUT2D eigenvalue weighted by Crippen LogP contribution is -2.05. The van der Waals surface area contributed by atoms with Gasteiger partial charge in [-0.05, 0) is 30.3 Å².